The van der Waals surface area contributed by atoms with Gasteiger partial charge in [-0.1, -0.05) is 60.7 Å². The minimum Gasteiger partial charge on any atom is -0.603 e. The summed E-state index contributed by atoms with van der Waals surface area (Å²) in [5, 5.41) is 12.1. The van der Waals surface area contributed by atoms with Gasteiger partial charge in [0.1, 0.15) is 12.0 Å². The van der Waals surface area contributed by atoms with Crippen LogP contribution in [0.5, 0.6) is 0 Å². The Bertz CT molecular complexity index is 852. The molecule has 0 radical (unpaired) electrons. The zero-order valence-electron chi connectivity index (χ0n) is 16.1. The van der Waals surface area contributed by atoms with Crippen molar-refractivity contribution in [2.45, 2.75) is 31.8 Å². The fourth-order valence-corrected chi connectivity index (χ4v) is 3.95. The van der Waals surface area contributed by atoms with Crippen LogP contribution in [-0.4, -0.2) is 39.3 Å². The van der Waals surface area contributed by atoms with E-state index in [1.54, 1.807) is 48.5 Å². The van der Waals surface area contributed by atoms with Gasteiger partial charge in [-0.25, -0.2) is 4.79 Å². The number of hydrogen-bond donors (Lipinski definition) is 4. The third-order valence-corrected chi connectivity index (χ3v) is 5.70. The normalized spacial score (nSPS) is 15.0. The highest BCUT2D eigenvalue weighted by Gasteiger charge is 2.35. The van der Waals surface area contributed by atoms with Crippen LogP contribution in [0.2, 0.25) is 0 Å². The molecule has 2 rings (SSSR count). The van der Waals surface area contributed by atoms with Crippen molar-refractivity contribution >= 4 is 25.2 Å². The standard InChI is InChI=1S/C21H25N2O5P/c1-14(22)19(29(27)28)17(12-15-8-4-2-5-9-15)20(24)23-18(21(25)26)13-16-10-6-3-7-11-16/h2-11,14,17-18H,12-13,22H2,1H3,(H,23,24)(H,25,26)(H,27,28). The van der Waals surface area contributed by atoms with Crippen molar-refractivity contribution in [3.63, 3.8) is 0 Å². The quantitative estimate of drug-likeness (QED) is 0.448. The summed E-state index contributed by atoms with van der Waals surface area (Å²) in [4.78, 5) is 46.4. The van der Waals surface area contributed by atoms with Gasteiger partial charge in [-0.15, -0.1) is 0 Å². The predicted octanol–water partition coefficient (Wildman–Crippen LogP) is 0.841. The number of nitrogens with two attached hydrogens (primary N) is 1. The third-order valence-electron chi connectivity index (χ3n) is 4.54. The lowest BCUT2D eigenvalue weighted by molar-refractivity contribution is -0.168. The average molecular weight is 416 g/mol. The molecule has 0 aliphatic carbocycles. The maximum atomic E-state index is 13.0. The van der Waals surface area contributed by atoms with E-state index in [1.807, 2.05) is 12.1 Å². The second-order valence-corrected chi connectivity index (χ2v) is 7.88. The van der Waals surface area contributed by atoms with Crippen LogP contribution >= 0.6 is 8.00 Å². The molecule has 4 unspecified atom stereocenters. The summed E-state index contributed by atoms with van der Waals surface area (Å²) in [5.41, 5.74) is 7.40. The molecule has 2 aromatic rings. The van der Waals surface area contributed by atoms with Crippen LogP contribution in [0.1, 0.15) is 18.1 Å². The highest BCUT2D eigenvalue weighted by molar-refractivity contribution is 7.46. The van der Waals surface area contributed by atoms with Crippen molar-refractivity contribution in [1.82, 2.24) is 5.32 Å². The van der Waals surface area contributed by atoms with Gasteiger partial charge in [0.05, 0.1) is 6.04 Å². The van der Waals surface area contributed by atoms with E-state index in [0.717, 1.165) is 11.1 Å². The minimum atomic E-state index is -2.83. The Morgan fingerprint density at radius 1 is 1.03 bits per heavy atom. The number of carboxylic acids is 1. The van der Waals surface area contributed by atoms with Gasteiger partial charge in [0.15, 0.2) is 5.29 Å². The molecule has 0 fully saturated rings. The molecule has 4 atom stereocenters. The zero-order chi connectivity index (χ0) is 21.4. The predicted molar refractivity (Wildman–Crippen MR) is 111 cm³/mol. The van der Waals surface area contributed by atoms with Crippen LogP contribution in [0.4, 0.5) is 0 Å². The lowest BCUT2D eigenvalue weighted by atomic mass is 9.91. The molecule has 0 saturated carbocycles. The van der Waals surface area contributed by atoms with E-state index in [0.29, 0.717) is 0 Å². The number of rotatable bonds is 9. The van der Waals surface area contributed by atoms with Crippen molar-refractivity contribution in [1.29, 1.82) is 0 Å². The van der Waals surface area contributed by atoms with Crippen LogP contribution in [0.15, 0.2) is 60.7 Å². The second-order valence-electron chi connectivity index (χ2n) is 6.82. The van der Waals surface area contributed by atoms with Crippen molar-refractivity contribution in [2.75, 3.05) is 0 Å². The Balaban J connectivity index is 2.29. The Morgan fingerprint density at radius 2 is 1.52 bits per heavy atom. The van der Waals surface area contributed by atoms with Gasteiger partial charge >= 0.3 is 5.97 Å². The molecule has 0 bridgehead atoms. The van der Waals surface area contributed by atoms with Crippen LogP contribution < -0.4 is 15.9 Å². The largest absolute Gasteiger partial charge is 0.603 e. The molecule has 8 heteroatoms. The third kappa shape index (κ3) is 6.76. The van der Waals surface area contributed by atoms with Gasteiger partial charge in [0, 0.05) is 6.42 Å². The van der Waals surface area contributed by atoms with E-state index in [4.69, 9.17) is 5.73 Å². The van der Waals surface area contributed by atoms with Crippen molar-refractivity contribution < 1.29 is 24.5 Å². The Kier molecular flexibility index (Phi) is 8.49. The summed E-state index contributed by atoms with van der Waals surface area (Å²) in [5.74, 6) is -2.85. The molecule has 154 valence electrons. The molecule has 0 saturated heterocycles. The number of benzene rings is 2. The van der Waals surface area contributed by atoms with E-state index >= 15 is 0 Å². The second kappa shape index (κ2) is 10.8. The maximum Gasteiger partial charge on any atom is 0.326 e. The summed E-state index contributed by atoms with van der Waals surface area (Å²) in [7, 11) is -2.83. The topological polar surface area (TPSA) is 136 Å². The van der Waals surface area contributed by atoms with E-state index < -0.39 is 37.9 Å². The first-order valence-electron chi connectivity index (χ1n) is 9.19. The summed E-state index contributed by atoms with van der Waals surface area (Å²) in [6.07, 6.45) is 0.238. The number of aliphatic carboxylic acids is 1. The van der Waals surface area contributed by atoms with E-state index in [-0.39, 0.29) is 18.1 Å². The number of carbonyl (C=O) groups excluding carboxylic acids is 1. The fraction of sp³-hybridized carbons (Fsp3) is 0.286. The zero-order valence-corrected chi connectivity index (χ0v) is 17.0. The van der Waals surface area contributed by atoms with Crippen LogP contribution in [-0.2, 0) is 22.4 Å². The van der Waals surface area contributed by atoms with Gasteiger partial charge in [-0.05, 0) is 24.5 Å². The van der Waals surface area contributed by atoms with Gasteiger partial charge in [-0.3, -0.25) is 4.79 Å². The summed E-state index contributed by atoms with van der Waals surface area (Å²) in [6, 6.07) is 15.9. The molecule has 0 aliphatic rings. The summed E-state index contributed by atoms with van der Waals surface area (Å²) < 4.78 is 0. The Morgan fingerprint density at radius 3 is 1.93 bits per heavy atom. The highest BCUT2D eigenvalue weighted by Crippen LogP contribution is 2.21. The first kappa shape index (κ1) is 22.7. The van der Waals surface area contributed by atoms with Gasteiger partial charge in [-0.2, -0.15) is 4.89 Å². The molecule has 0 aromatic heterocycles. The average Bonchev–Trinajstić information content (AvgIpc) is 2.67. The van der Waals surface area contributed by atoms with Gasteiger partial charge in [0.2, 0.25) is 13.9 Å². The molecule has 0 spiro atoms. The monoisotopic (exact) mass is 416 g/mol. The van der Waals surface area contributed by atoms with E-state index in [1.165, 1.54) is 6.92 Å². The van der Waals surface area contributed by atoms with Crippen LogP contribution in [0, 0.1) is 5.92 Å². The smallest absolute Gasteiger partial charge is 0.326 e. The summed E-state index contributed by atoms with van der Waals surface area (Å²) in [6.45, 7) is 1.53. The number of carboxylic acid groups (broad SMARTS) is 1. The lowest BCUT2D eigenvalue weighted by Crippen LogP contribution is -2.49. The molecular weight excluding hydrogens is 391 g/mol. The summed E-state index contributed by atoms with van der Waals surface area (Å²) >= 11 is 0. The van der Waals surface area contributed by atoms with E-state index in [9.17, 15) is 24.5 Å². The molecule has 5 N–H and O–H groups in total. The molecule has 0 aliphatic heterocycles. The molecule has 29 heavy (non-hydrogen) atoms. The van der Waals surface area contributed by atoms with Crippen LogP contribution in [0.25, 0.3) is 0 Å². The molecule has 2 aromatic carbocycles. The maximum absolute atomic E-state index is 13.0. The molecular formula is C21H25N2O5P. The van der Waals surface area contributed by atoms with Crippen molar-refractivity contribution in [2.24, 2.45) is 11.7 Å². The lowest BCUT2D eigenvalue weighted by Gasteiger charge is -2.22. The number of nitrogens with one attached hydrogen (secondary N) is 1. The van der Waals surface area contributed by atoms with Gasteiger partial charge in [0.25, 0.3) is 0 Å². The number of amides is 1. The molecule has 7 nitrogen and oxygen atoms in total. The fourth-order valence-electron chi connectivity index (χ4n) is 3.13. The Labute approximate surface area is 170 Å². The first-order valence-corrected chi connectivity index (χ1v) is 10.4. The number of carbonyl (C=O) groups is 2. The Hall–Kier alpha value is -2.57. The van der Waals surface area contributed by atoms with E-state index in [2.05, 4.69) is 5.32 Å². The molecule has 1 amide bonds. The SMILES string of the molecule is CC(N)/C(C(Cc1ccccc1)C(=O)NC(Cc1ccccc1)C(=O)O)=[P+](/[O-])O. The minimum absolute atomic E-state index is 0.00907. The van der Waals surface area contributed by atoms with Gasteiger partial charge < -0.3 is 21.1 Å². The number of hydrogen-bond acceptors (Lipinski definition) is 5. The van der Waals surface area contributed by atoms with Crippen molar-refractivity contribution in [3.05, 3.63) is 71.8 Å². The molecule has 0 heterocycles. The first-order chi connectivity index (χ1) is 13.8. The van der Waals surface area contributed by atoms with Crippen LogP contribution in [0.3, 0.4) is 0 Å². The van der Waals surface area contributed by atoms with Crippen molar-refractivity contribution in [3.8, 4) is 0 Å². The highest BCUT2D eigenvalue weighted by atomic mass is 31.1.